The number of aromatic nitrogens is 4. The summed E-state index contributed by atoms with van der Waals surface area (Å²) in [5, 5.41) is 2.35. The molecule has 0 radical (unpaired) electrons. The van der Waals surface area contributed by atoms with Gasteiger partial charge in [0.2, 0.25) is 5.95 Å². The second-order valence-corrected chi connectivity index (χ2v) is 13.2. The highest BCUT2D eigenvalue weighted by atomic mass is 15.2. The quantitative estimate of drug-likeness (QED) is 0.188. The number of fused-ring (bicyclic) bond motifs is 6. The van der Waals surface area contributed by atoms with Crippen LogP contribution in [0.15, 0.2) is 176 Å². The van der Waals surface area contributed by atoms with Gasteiger partial charge in [-0.05, 0) is 58.4 Å². The molecule has 4 nitrogen and oxygen atoms in total. The largest absolute Gasteiger partial charge is 0.278 e. The van der Waals surface area contributed by atoms with E-state index in [-0.39, 0.29) is 11.3 Å². The Bertz CT molecular complexity index is 2560. The lowest BCUT2D eigenvalue weighted by Crippen LogP contribution is -2.35. The van der Waals surface area contributed by atoms with Gasteiger partial charge in [0.25, 0.3) is 0 Å². The van der Waals surface area contributed by atoms with Crippen molar-refractivity contribution in [1.29, 1.82) is 0 Å². The Morgan fingerprint density at radius 3 is 1.86 bits per heavy atom. The lowest BCUT2D eigenvalue weighted by Gasteiger charge is -2.39. The zero-order valence-corrected chi connectivity index (χ0v) is 27.3. The molecule has 6 aromatic carbocycles. The number of hydrogen-bond acceptors (Lipinski definition) is 3. The zero-order valence-electron chi connectivity index (χ0n) is 27.3. The van der Waals surface area contributed by atoms with Gasteiger partial charge in [-0.2, -0.15) is 9.97 Å². The van der Waals surface area contributed by atoms with E-state index >= 15 is 0 Å². The maximum atomic E-state index is 5.21. The van der Waals surface area contributed by atoms with Crippen molar-refractivity contribution in [2.24, 2.45) is 5.92 Å². The van der Waals surface area contributed by atoms with Crippen LogP contribution < -0.4 is 0 Å². The summed E-state index contributed by atoms with van der Waals surface area (Å²) in [4.78, 5) is 15.4. The van der Waals surface area contributed by atoms with E-state index in [1.807, 2.05) is 36.4 Å². The van der Waals surface area contributed by atoms with Gasteiger partial charge in [-0.1, -0.05) is 158 Å². The predicted octanol–water partition coefficient (Wildman–Crippen LogP) is 10.7. The summed E-state index contributed by atoms with van der Waals surface area (Å²) < 4.78 is 2.25. The van der Waals surface area contributed by atoms with Crippen LogP contribution in [0, 0.1) is 5.92 Å². The molecule has 4 heteroatoms. The molecule has 0 bridgehead atoms. The number of hydrogen-bond donors (Lipinski definition) is 0. The van der Waals surface area contributed by atoms with Crippen molar-refractivity contribution in [3.05, 3.63) is 193 Å². The van der Waals surface area contributed by atoms with Crippen LogP contribution in [0.25, 0.3) is 61.7 Å². The molecule has 10 rings (SSSR count). The molecular weight excluding hydrogens is 609 g/mol. The third kappa shape index (κ3) is 4.21. The van der Waals surface area contributed by atoms with E-state index in [1.165, 1.54) is 38.6 Å². The molecule has 2 aromatic heterocycles. The van der Waals surface area contributed by atoms with Crippen LogP contribution in [0.4, 0.5) is 0 Å². The minimum absolute atomic E-state index is 0.235. The predicted molar refractivity (Wildman–Crippen MR) is 203 cm³/mol. The van der Waals surface area contributed by atoms with Gasteiger partial charge < -0.3 is 0 Å². The first-order valence-corrected chi connectivity index (χ1v) is 17.2. The molecule has 236 valence electrons. The van der Waals surface area contributed by atoms with E-state index in [2.05, 4.69) is 144 Å². The molecule has 0 fully saturated rings. The van der Waals surface area contributed by atoms with Crippen molar-refractivity contribution in [3.63, 3.8) is 0 Å². The number of benzene rings is 6. The maximum absolute atomic E-state index is 5.21. The molecule has 2 aliphatic rings. The topological polar surface area (TPSA) is 43.6 Å². The third-order valence-corrected chi connectivity index (χ3v) is 10.5. The van der Waals surface area contributed by atoms with Crippen LogP contribution >= 0.6 is 0 Å². The molecular formula is C46H32N4. The van der Waals surface area contributed by atoms with E-state index in [0.29, 0.717) is 17.6 Å². The fraction of sp³-hybridized carbons (Fsp3) is 0.0652. The maximum Gasteiger partial charge on any atom is 0.238 e. The average molecular weight is 641 g/mol. The molecule has 0 saturated heterocycles. The smallest absolute Gasteiger partial charge is 0.238 e. The van der Waals surface area contributed by atoms with Crippen molar-refractivity contribution in [2.45, 2.75) is 11.8 Å². The summed E-state index contributed by atoms with van der Waals surface area (Å²) in [7, 11) is 0. The molecule has 8 aromatic rings. The number of allylic oxidation sites excluding steroid dienone is 4. The lowest BCUT2D eigenvalue weighted by molar-refractivity contribution is 0.458. The summed E-state index contributed by atoms with van der Waals surface area (Å²) in [6.45, 7) is 0. The monoisotopic (exact) mass is 640 g/mol. The Kier molecular flexibility index (Phi) is 6.50. The summed E-state index contributed by atoms with van der Waals surface area (Å²) >= 11 is 0. The van der Waals surface area contributed by atoms with Gasteiger partial charge >= 0.3 is 0 Å². The van der Waals surface area contributed by atoms with Crippen molar-refractivity contribution in [1.82, 2.24) is 19.5 Å². The van der Waals surface area contributed by atoms with Crippen LogP contribution in [-0.2, 0) is 5.41 Å². The second kappa shape index (κ2) is 11.4. The Morgan fingerprint density at radius 1 is 0.520 bits per heavy atom. The summed E-state index contributed by atoms with van der Waals surface area (Å²) in [6.07, 6.45) is 10.1. The molecule has 2 unspecified atom stereocenters. The normalized spacial score (nSPS) is 17.6. The molecule has 50 heavy (non-hydrogen) atoms. The van der Waals surface area contributed by atoms with E-state index in [4.69, 9.17) is 15.0 Å². The number of nitrogens with zero attached hydrogens (tertiary/aromatic N) is 4. The molecule has 2 atom stereocenters. The fourth-order valence-corrected chi connectivity index (χ4v) is 8.41. The molecule has 0 spiro atoms. The highest BCUT2D eigenvalue weighted by molar-refractivity contribution is 6.11. The SMILES string of the molecule is C1=CCC(C2(c3ccccc3)c3ccccc3-c3cc4c5ccccc5n(-c5nc(-c6ccccc6)nc(-c6ccccc6)n5)c4cc32)C=C1. The van der Waals surface area contributed by atoms with E-state index in [9.17, 15) is 0 Å². The standard InChI is InChI=1S/C46H32N4/c1-5-17-31(18-6-1)43-47-44(32-19-7-2-8-20-32)49-45(48-43)50-41-28-16-14-26-36(41)38-29-37-35-25-13-15-27-39(35)46(40(37)30-42(38)50,33-21-9-3-10-22-33)34-23-11-4-12-24-34/h1-23,25-30,34H,24H2. The fourth-order valence-electron chi connectivity index (χ4n) is 8.41. The molecule has 2 aliphatic carbocycles. The molecule has 0 aliphatic heterocycles. The van der Waals surface area contributed by atoms with Gasteiger partial charge in [0.1, 0.15) is 0 Å². The molecule has 0 amide bonds. The Labute approximate surface area is 290 Å². The molecule has 0 saturated carbocycles. The van der Waals surface area contributed by atoms with Gasteiger partial charge in [-0.3, -0.25) is 4.57 Å². The van der Waals surface area contributed by atoms with Crippen molar-refractivity contribution in [3.8, 4) is 39.9 Å². The second-order valence-electron chi connectivity index (χ2n) is 13.2. The molecule has 0 N–H and O–H groups in total. The first-order chi connectivity index (χ1) is 24.8. The van der Waals surface area contributed by atoms with Gasteiger partial charge in [-0.15, -0.1) is 0 Å². The van der Waals surface area contributed by atoms with E-state index in [1.54, 1.807) is 0 Å². The van der Waals surface area contributed by atoms with E-state index in [0.717, 1.165) is 28.6 Å². The zero-order chi connectivity index (χ0) is 33.1. The van der Waals surface area contributed by atoms with Crippen molar-refractivity contribution < 1.29 is 0 Å². The highest BCUT2D eigenvalue weighted by Crippen LogP contribution is 2.59. The number of para-hydroxylation sites is 1. The molecule has 2 heterocycles. The van der Waals surface area contributed by atoms with Gasteiger partial charge in [-0.25, -0.2) is 4.98 Å². The lowest BCUT2D eigenvalue weighted by atomic mass is 9.62. The van der Waals surface area contributed by atoms with Gasteiger partial charge in [0.15, 0.2) is 11.6 Å². The first-order valence-electron chi connectivity index (χ1n) is 17.2. The summed E-state index contributed by atoms with van der Waals surface area (Å²) in [6, 6.07) is 54.0. The minimum atomic E-state index is -0.382. The minimum Gasteiger partial charge on any atom is -0.278 e. The van der Waals surface area contributed by atoms with Crippen LogP contribution in [-0.4, -0.2) is 19.5 Å². The van der Waals surface area contributed by atoms with Crippen LogP contribution in [0.2, 0.25) is 0 Å². The average Bonchev–Trinajstić information content (AvgIpc) is 3.68. The van der Waals surface area contributed by atoms with Crippen molar-refractivity contribution >= 4 is 21.8 Å². The summed E-state index contributed by atoms with van der Waals surface area (Å²) in [5.74, 6) is 2.13. The van der Waals surface area contributed by atoms with E-state index < -0.39 is 0 Å². The number of rotatable bonds is 5. The Balaban J connectivity index is 1.32. The highest BCUT2D eigenvalue weighted by Gasteiger charge is 2.49. The van der Waals surface area contributed by atoms with Gasteiger partial charge in [0, 0.05) is 21.9 Å². The van der Waals surface area contributed by atoms with Crippen molar-refractivity contribution in [2.75, 3.05) is 0 Å². The van der Waals surface area contributed by atoms with Crippen LogP contribution in [0.5, 0.6) is 0 Å². The third-order valence-electron chi connectivity index (χ3n) is 10.5. The van der Waals surface area contributed by atoms with Gasteiger partial charge in [0.05, 0.1) is 16.4 Å². The van der Waals surface area contributed by atoms with Crippen LogP contribution in [0.1, 0.15) is 23.1 Å². The Morgan fingerprint density at radius 2 is 1.16 bits per heavy atom. The Hall–Kier alpha value is -6.39. The first kappa shape index (κ1) is 28.6. The summed E-state index contributed by atoms with van der Waals surface area (Å²) in [5.41, 5.74) is 10.2. The van der Waals surface area contributed by atoms with Crippen LogP contribution in [0.3, 0.4) is 0 Å².